The number of hydrogen-bond acceptors (Lipinski definition) is 3. The summed E-state index contributed by atoms with van der Waals surface area (Å²) in [6, 6.07) is 11.1. The topological polar surface area (TPSA) is 32.8 Å². The minimum absolute atomic E-state index is 0.290. The van der Waals surface area contributed by atoms with Gasteiger partial charge < -0.3 is 9.64 Å². The van der Waals surface area contributed by atoms with Crippen molar-refractivity contribution >= 4 is 11.6 Å². The lowest BCUT2D eigenvalue weighted by molar-refractivity contribution is -0.120. The third-order valence-electron chi connectivity index (χ3n) is 5.43. The molecule has 4 nitrogen and oxygen atoms in total. The van der Waals surface area contributed by atoms with E-state index >= 15 is 0 Å². The molecule has 1 aromatic rings. The number of fused-ring (bicyclic) bond motifs is 1. The lowest BCUT2D eigenvalue weighted by Crippen LogP contribution is -2.53. The van der Waals surface area contributed by atoms with E-state index in [1.807, 2.05) is 18.2 Å². The molecule has 0 radical (unpaired) electrons. The molecule has 3 aliphatic heterocycles. The Bertz CT molecular complexity index is 527. The van der Waals surface area contributed by atoms with Gasteiger partial charge in [0, 0.05) is 37.8 Å². The molecule has 0 N–H and O–H groups in total. The summed E-state index contributed by atoms with van der Waals surface area (Å²) in [7, 11) is 0. The molecule has 0 saturated carbocycles. The van der Waals surface area contributed by atoms with Crippen LogP contribution in [0, 0.1) is 5.92 Å². The Kier molecular flexibility index (Phi) is 3.89. The van der Waals surface area contributed by atoms with Crippen molar-refractivity contribution in [2.75, 3.05) is 31.2 Å². The van der Waals surface area contributed by atoms with Gasteiger partial charge in [-0.2, -0.15) is 0 Å². The molecule has 0 aliphatic carbocycles. The van der Waals surface area contributed by atoms with Gasteiger partial charge in [-0.15, -0.1) is 0 Å². The number of rotatable bonds is 3. The molecule has 0 spiro atoms. The molecule has 3 saturated heterocycles. The summed E-state index contributed by atoms with van der Waals surface area (Å²) in [5, 5.41) is 0. The van der Waals surface area contributed by atoms with E-state index in [2.05, 4.69) is 21.9 Å². The number of amides is 1. The Labute approximate surface area is 132 Å². The van der Waals surface area contributed by atoms with Crippen molar-refractivity contribution in [1.29, 1.82) is 0 Å². The van der Waals surface area contributed by atoms with Crippen LogP contribution >= 0.6 is 0 Å². The zero-order chi connectivity index (χ0) is 14.9. The van der Waals surface area contributed by atoms with Crippen LogP contribution in [0.15, 0.2) is 30.3 Å². The average molecular weight is 300 g/mol. The minimum atomic E-state index is 0.290. The summed E-state index contributed by atoms with van der Waals surface area (Å²) < 4.78 is 5.52. The van der Waals surface area contributed by atoms with E-state index in [0.717, 1.165) is 44.8 Å². The largest absolute Gasteiger partial charge is 0.381 e. The first-order valence-electron chi connectivity index (χ1n) is 8.52. The molecule has 4 rings (SSSR count). The van der Waals surface area contributed by atoms with Gasteiger partial charge in [0.2, 0.25) is 5.91 Å². The lowest BCUT2D eigenvalue weighted by Gasteiger charge is -2.40. The molecule has 1 unspecified atom stereocenters. The van der Waals surface area contributed by atoms with E-state index < -0.39 is 0 Å². The van der Waals surface area contributed by atoms with Crippen molar-refractivity contribution in [3.8, 4) is 0 Å². The molecule has 22 heavy (non-hydrogen) atoms. The number of piperidine rings is 1. The predicted molar refractivity (Wildman–Crippen MR) is 85.9 cm³/mol. The second-order valence-corrected chi connectivity index (χ2v) is 6.79. The Morgan fingerprint density at radius 1 is 1.09 bits per heavy atom. The average Bonchev–Trinajstić information content (AvgIpc) is 3.19. The number of likely N-dealkylation sites (tertiary alicyclic amines) is 1. The summed E-state index contributed by atoms with van der Waals surface area (Å²) in [4.78, 5) is 17.2. The molecule has 0 bridgehead atoms. The van der Waals surface area contributed by atoms with Gasteiger partial charge >= 0.3 is 0 Å². The van der Waals surface area contributed by atoms with E-state index in [1.54, 1.807) is 0 Å². The molecule has 3 heterocycles. The first-order valence-corrected chi connectivity index (χ1v) is 8.52. The molecule has 3 atom stereocenters. The van der Waals surface area contributed by atoms with Crippen LogP contribution in [0.1, 0.15) is 25.7 Å². The number of hydrogen-bond donors (Lipinski definition) is 0. The molecular formula is C18H24N2O2. The van der Waals surface area contributed by atoms with Gasteiger partial charge in [-0.05, 0) is 37.3 Å². The maximum Gasteiger partial charge on any atom is 0.227 e. The van der Waals surface area contributed by atoms with Crippen molar-refractivity contribution in [3.05, 3.63) is 30.3 Å². The first-order chi connectivity index (χ1) is 10.8. The number of carbonyl (C=O) groups excluding carboxylic acids is 1. The van der Waals surface area contributed by atoms with Crippen LogP contribution in [0.3, 0.4) is 0 Å². The Balaban J connectivity index is 1.52. The highest BCUT2D eigenvalue weighted by atomic mass is 16.5. The first kappa shape index (κ1) is 14.2. The quantitative estimate of drug-likeness (QED) is 0.858. The number of benzene rings is 1. The van der Waals surface area contributed by atoms with Gasteiger partial charge in [-0.3, -0.25) is 9.69 Å². The normalized spacial score (nSPS) is 32.5. The number of nitrogens with zero attached hydrogens (tertiary/aromatic N) is 2. The molecule has 0 aromatic heterocycles. The van der Waals surface area contributed by atoms with Gasteiger partial charge in [-0.1, -0.05) is 18.2 Å². The van der Waals surface area contributed by atoms with E-state index in [-0.39, 0.29) is 0 Å². The summed E-state index contributed by atoms with van der Waals surface area (Å²) in [6.45, 7) is 4.08. The van der Waals surface area contributed by atoms with Crippen molar-refractivity contribution in [3.63, 3.8) is 0 Å². The monoisotopic (exact) mass is 300 g/mol. The summed E-state index contributed by atoms with van der Waals surface area (Å²) >= 11 is 0. The van der Waals surface area contributed by atoms with Crippen molar-refractivity contribution in [1.82, 2.24) is 4.90 Å². The minimum Gasteiger partial charge on any atom is -0.381 e. The highest BCUT2D eigenvalue weighted by Gasteiger charge is 2.44. The van der Waals surface area contributed by atoms with Crippen molar-refractivity contribution in [2.24, 2.45) is 5.92 Å². The van der Waals surface area contributed by atoms with E-state index in [9.17, 15) is 4.79 Å². The Morgan fingerprint density at radius 3 is 2.73 bits per heavy atom. The van der Waals surface area contributed by atoms with Crippen molar-refractivity contribution in [2.45, 2.75) is 37.8 Å². The van der Waals surface area contributed by atoms with Gasteiger partial charge in [-0.25, -0.2) is 0 Å². The SMILES string of the molecule is O=C1CC[C@@H]2[C@@H](CCN2CC2CCOC2)N1c1ccccc1. The second kappa shape index (κ2) is 6.01. The van der Waals surface area contributed by atoms with E-state index in [4.69, 9.17) is 4.74 Å². The van der Waals surface area contributed by atoms with Crippen LogP contribution in [0.2, 0.25) is 0 Å². The molecule has 3 aliphatic rings. The third-order valence-corrected chi connectivity index (χ3v) is 5.43. The highest BCUT2D eigenvalue weighted by Crippen LogP contribution is 2.35. The standard InChI is InChI=1S/C18H24N2O2/c21-18-7-6-16-17(20(18)15-4-2-1-3-5-15)8-10-19(16)12-14-9-11-22-13-14/h1-5,14,16-17H,6-13H2/t14?,16-,17-/m1/s1. The van der Waals surface area contributed by atoms with E-state index in [1.165, 1.54) is 6.42 Å². The van der Waals surface area contributed by atoms with Gasteiger partial charge in [0.15, 0.2) is 0 Å². The Morgan fingerprint density at radius 2 is 1.95 bits per heavy atom. The lowest BCUT2D eigenvalue weighted by atomic mass is 9.95. The number of anilines is 1. The molecule has 3 fully saturated rings. The van der Waals surface area contributed by atoms with E-state index in [0.29, 0.717) is 30.3 Å². The second-order valence-electron chi connectivity index (χ2n) is 6.79. The van der Waals surface area contributed by atoms with Crippen LogP contribution in [-0.2, 0) is 9.53 Å². The maximum atomic E-state index is 12.5. The Hall–Kier alpha value is -1.39. The number of ether oxygens (including phenoxy) is 1. The van der Waals surface area contributed by atoms with Gasteiger partial charge in [0.1, 0.15) is 0 Å². The van der Waals surface area contributed by atoms with Crippen LogP contribution in [0.4, 0.5) is 5.69 Å². The third kappa shape index (κ3) is 2.55. The molecule has 118 valence electrons. The zero-order valence-electron chi connectivity index (χ0n) is 13.0. The van der Waals surface area contributed by atoms with Gasteiger partial charge in [0.25, 0.3) is 0 Å². The summed E-state index contributed by atoms with van der Waals surface area (Å²) in [5.74, 6) is 0.972. The molecule has 1 amide bonds. The van der Waals surface area contributed by atoms with Crippen molar-refractivity contribution < 1.29 is 9.53 Å². The molecular weight excluding hydrogens is 276 g/mol. The van der Waals surface area contributed by atoms with Crippen LogP contribution in [0.5, 0.6) is 0 Å². The molecule has 1 aromatic carbocycles. The summed E-state index contributed by atoms with van der Waals surface area (Å²) in [6.07, 6.45) is 3.97. The predicted octanol–water partition coefficient (Wildman–Crippen LogP) is 2.29. The van der Waals surface area contributed by atoms with Crippen LogP contribution < -0.4 is 4.90 Å². The fourth-order valence-corrected chi connectivity index (χ4v) is 4.36. The highest BCUT2D eigenvalue weighted by molar-refractivity contribution is 5.95. The van der Waals surface area contributed by atoms with Crippen LogP contribution in [-0.4, -0.2) is 49.2 Å². The molecule has 4 heteroatoms. The number of carbonyl (C=O) groups is 1. The van der Waals surface area contributed by atoms with Gasteiger partial charge in [0.05, 0.1) is 12.6 Å². The fraction of sp³-hybridized carbons (Fsp3) is 0.611. The fourth-order valence-electron chi connectivity index (χ4n) is 4.36. The van der Waals surface area contributed by atoms with Crippen LogP contribution in [0.25, 0.3) is 0 Å². The maximum absolute atomic E-state index is 12.5. The summed E-state index contributed by atoms with van der Waals surface area (Å²) in [5.41, 5.74) is 1.06. The number of para-hydroxylation sites is 1. The smallest absolute Gasteiger partial charge is 0.227 e. The zero-order valence-corrected chi connectivity index (χ0v) is 13.0.